The Labute approximate surface area is 112 Å². The number of carboxylic acids is 1. The van der Waals surface area contributed by atoms with Crippen LogP contribution < -0.4 is 5.56 Å². The van der Waals surface area contributed by atoms with E-state index in [1.165, 1.54) is 0 Å². The summed E-state index contributed by atoms with van der Waals surface area (Å²) in [5.41, 5.74) is -0.580. The minimum atomic E-state index is -1.31. The number of nitrogens with zero attached hydrogens (tertiary/aromatic N) is 2. The first-order valence-corrected chi connectivity index (χ1v) is 5.83. The van der Waals surface area contributed by atoms with Crippen LogP contribution in [0.15, 0.2) is 47.5 Å². The molecule has 6 heteroatoms. The van der Waals surface area contributed by atoms with Gasteiger partial charge in [-0.1, -0.05) is 24.3 Å². The fourth-order valence-electron chi connectivity index (χ4n) is 1.98. The van der Waals surface area contributed by atoms with E-state index in [9.17, 15) is 9.59 Å². The monoisotopic (exact) mass is 267 g/mol. The average Bonchev–Trinajstić information content (AvgIpc) is 2.46. The first-order valence-electron chi connectivity index (χ1n) is 5.83. The van der Waals surface area contributed by atoms with E-state index >= 15 is 0 Å². The van der Waals surface area contributed by atoms with E-state index < -0.39 is 17.1 Å². The third kappa shape index (κ3) is 1.93. The summed E-state index contributed by atoms with van der Waals surface area (Å²) >= 11 is 0. The molecule has 2 N–H and O–H groups in total. The Hall–Kier alpha value is -3.02. The number of hydrogen-bond acceptors (Lipinski definition) is 4. The van der Waals surface area contributed by atoms with Gasteiger partial charge in [0.1, 0.15) is 11.3 Å². The number of carboxylic acid groups (broad SMARTS) is 1. The molecule has 0 spiro atoms. The Kier molecular flexibility index (Phi) is 2.76. The fraction of sp³-hybridized carbons (Fsp3) is 0. The maximum Gasteiger partial charge on any atom is 0.342 e. The third-order valence-corrected chi connectivity index (χ3v) is 2.93. The Bertz CT molecular complexity index is 865. The van der Waals surface area contributed by atoms with Gasteiger partial charge in [-0.3, -0.25) is 9.78 Å². The SMILES string of the molecule is O=C(O)c1cnc(-c2nccc3ccccc23)[nH]c1=O. The Balaban J connectivity index is 2.24. The largest absolute Gasteiger partial charge is 0.477 e. The zero-order valence-electron chi connectivity index (χ0n) is 10.2. The van der Waals surface area contributed by atoms with E-state index in [1.807, 2.05) is 30.3 Å². The number of carbonyl (C=O) groups is 1. The predicted octanol–water partition coefficient (Wildman–Crippen LogP) is 1.68. The van der Waals surface area contributed by atoms with Crippen LogP contribution in [0.5, 0.6) is 0 Å². The molecule has 3 aromatic rings. The van der Waals surface area contributed by atoms with Crippen molar-refractivity contribution in [3.8, 4) is 11.5 Å². The second kappa shape index (κ2) is 4.58. The molecule has 98 valence electrons. The number of aromatic carboxylic acids is 1. The summed E-state index contributed by atoms with van der Waals surface area (Å²) in [5.74, 6) is -1.06. The molecule has 0 saturated heterocycles. The van der Waals surface area contributed by atoms with Crippen LogP contribution >= 0.6 is 0 Å². The summed E-state index contributed by atoms with van der Waals surface area (Å²) in [4.78, 5) is 33.1. The van der Waals surface area contributed by atoms with Crippen LogP contribution in [0.2, 0.25) is 0 Å². The number of H-pyrrole nitrogens is 1. The van der Waals surface area contributed by atoms with Gasteiger partial charge in [0.05, 0.1) is 0 Å². The third-order valence-electron chi connectivity index (χ3n) is 2.93. The molecule has 2 heterocycles. The molecule has 20 heavy (non-hydrogen) atoms. The number of aromatic nitrogens is 3. The number of fused-ring (bicyclic) bond motifs is 1. The fourth-order valence-corrected chi connectivity index (χ4v) is 1.98. The van der Waals surface area contributed by atoms with Crippen LogP contribution in [-0.4, -0.2) is 26.0 Å². The van der Waals surface area contributed by atoms with Crippen LogP contribution in [0.4, 0.5) is 0 Å². The van der Waals surface area contributed by atoms with E-state index in [2.05, 4.69) is 15.0 Å². The lowest BCUT2D eigenvalue weighted by atomic mass is 10.1. The van der Waals surface area contributed by atoms with Gasteiger partial charge < -0.3 is 10.1 Å². The van der Waals surface area contributed by atoms with Crippen molar-refractivity contribution in [3.63, 3.8) is 0 Å². The van der Waals surface area contributed by atoms with Crippen molar-refractivity contribution in [2.45, 2.75) is 0 Å². The van der Waals surface area contributed by atoms with E-state index in [1.54, 1.807) is 6.20 Å². The van der Waals surface area contributed by atoms with E-state index in [-0.39, 0.29) is 5.82 Å². The van der Waals surface area contributed by atoms with Gasteiger partial charge in [0.25, 0.3) is 5.56 Å². The number of rotatable bonds is 2. The predicted molar refractivity (Wildman–Crippen MR) is 72.6 cm³/mol. The van der Waals surface area contributed by atoms with Crippen molar-refractivity contribution in [3.05, 3.63) is 58.6 Å². The summed E-state index contributed by atoms with van der Waals surface area (Å²) in [6, 6.07) is 9.39. The minimum absolute atomic E-state index is 0.247. The zero-order chi connectivity index (χ0) is 14.1. The molecule has 0 radical (unpaired) electrons. The van der Waals surface area contributed by atoms with Gasteiger partial charge in [0, 0.05) is 17.8 Å². The second-order valence-corrected chi connectivity index (χ2v) is 4.16. The molecule has 0 amide bonds. The van der Waals surface area contributed by atoms with Gasteiger partial charge in [0.15, 0.2) is 5.82 Å². The summed E-state index contributed by atoms with van der Waals surface area (Å²) in [6.45, 7) is 0. The van der Waals surface area contributed by atoms with Crippen LogP contribution in [0.3, 0.4) is 0 Å². The second-order valence-electron chi connectivity index (χ2n) is 4.16. The summed E-state index contributed by atoms with van der Waals surface area (Å²) in [5, 5.41) is 10.6. The molecule has 0 unspecified atom stereocenters. The van der Waals surface area contributed by atoms with Crippen LogP contribution in [0, 0.1) is 0 Å². The molecule has 3 rings (SSSR count). The van der Waals surface area contributed by atoms with E-state index in [0.717, 1.165) is 17.0 Å². The molecule has 0 aliphatic heterocycles. The zero-order valence-corrected chi connectivity index (χ0v) is 10.2. The number of aromatic amines is 1. The van der Waals surface area contributed by atoms with Crippen molar-refractivity contribution in [1.29, 1.82) is 0 Å². The first-order chi connectivity index (χ1) is 9.66. The van der Waals surface area contributed by atoms with Crippen molar-refractivity contribution in [2.75, 3.05) is 0 Å². The van der Waals surface area contributed by atoms with Gasteiger partial charge in [-0.25, -0.2) is 9.78 Å². The maximum absolute atomic E-state index is 11.7. The quantitative estimate of drug-likeness (QED) is 0.736. The number of nitrogens with one attached hydrogen (secondary N) is 1. The molecule has 0 aliphatic carbocycles. The van der Waals surface area contributed by atoms with Gasteiger partial charge >= 0.3 is 5.97 Å². The average molecular weight is 267 g/mol. The number of benzene rings is 1. The highest BCUT2D eigenvalue weighted by atomic mass is 16.4. The molecule has 0 fully saturated rings. The lowest BCUT2D eigenvalue weighted by Gasteiger charge is -2.04. The molecule has 0 aliphatic rings. The van der Waals surface area contributed by atoms with Crippen molar-refractivity contribution >= 4 is 16.7 Å². The number of pyridine rings is 1. The van der Waals surface area contributed by atoms with Gasteiger partial charge in [-0.05, 0) is 11.5 Å². The highest BCUT2D eigenvalue weighted by molar-refractivity contribution is 5.93. The molecular weight excluding hydrogens is 258 g/mol. The summed E-state index contributed by atoms with van der Waals surface area (Å²) < 4.78 is 0. The van der Waals surface area contributed by atoms with Crippen LogP contribution in [-0.2, 0) is 0 Å². The topological polar surface area (TPSA) is 95.9 Å². The summed E-state index contributed by atoms with van der Waals surface area (Å²) in [6.07, 6.45) is 2.66. The Morgan fingerprint density at radius 2 is 1.95 bits per heavy atom. The highest BCUT2D eigenvalue weighted by Gasteiger charge is 2.12. The van der Waals surface area contributed by atoms with Crippen molar-refractivity contribution < 1.29 is 9.90 Å². The van der Waals surface area contributed by atoms with E-state index in [4.69, 9.17) is 5.11 Å². The molecule has 0 saturated carbocycles. The lowest BCUT2D eigenvalue weighted by Crippen LogP contribution is -2.19. The molecule has 0 bridgehead atoms. The van der Waals surface area contributed by atoms with Crippen molar-refractivity contribution in [1.82, 2.24) is 15.0 Å². The molecule has 2 aromatic heterocycles. The van der Waals surface area contributed by atoms with Gasteiger partial charge in [0.2, 0.25) is 0 Å². The van der Waals surface area contributed by atoms with E-state index in [0.29, 0.717) is 5.69 Å². The lowest BCUT2D eigenvalue weighted by molar-refractivity contribution is 0.0694. The molecule has 6 nitrogen and oxygen atoms in total. The molecule has 0 atom stereocenters. The standard InChI is InChI=1S/C14H9N3O3/c18-13-10(14(19)20)7-16-12(17-13)11-9-4-2-1-3-8(9)5-6-15-11/h1-7H,(H,19,20)(H,16,17,18). The molecular formula is C14H9N3O3. The Morgan fingerprint density at radius 1 is 1.15 bits per heavy atom. The summed E-state index contributed by atoms with van der Waals surface area (Å²) in [7, 11) is 0. The van der Waals surface area contributed by atoms with Crippen LogP contribution in [0.1, 0.15) is 10.4 Å². The highest BCUT2D eigenvalue weighted by Crippen LogP contribution is 2.22. The van der Waals surface area contributed by atoms with Gasteiger partial charge in [-0.2, -0.15) is 0 Å². The molecule has 1 aromatic carbocycles. The van der Waals surface area contributed by atoms with Gasteiger partial charge in [-0.15, -0.1) is 0 Å². The smallest absolute Gasteiger partial charge is 0.342 e. The first kappa shape index (κ1) is 12.0. The number of hydrogen-bond donors (Lipinski definition) is 2. The minimum Gasteiger partial charge on any atom is -0.477 e. The Morgan fingerprint density at radius 3 is 2.70 bits per heavy atom. The maximum atomic E-state index is 11.7. The van der Waals surface area contributed by atoms with Crippen molar-refractivity contribution in [2.24, 2.45) is 0 Å². The normalized spacial score (nSPS) is 10.6. The van der Waals surface area contributed by atoms with Crippen LogP contribution in [0.25, 0.3) is 22.3 Å².